The molecule has 1 aromatic carbocycles. The van der Waals surface area contributed by atoms with Gasteiger partial charge in [0.15, 0.2) is 0 Å². The van der Waals surface area contributed by atoms with Gasteiger partial charge in [0.1, 0.15) is 11.5 Å². The molecule has 1 heterocycles. The topological polar surface area (TPSA) is 88.5 Å². The highest BCUT2D eigenvalue weighted by atomic mass is 16.5. The molecule has 0 unspecified atom stereocenters. The molecule has 0 radical (unpaired) electrons. The lowest BCUT2D eigenvalue weighted by Gasteiger charge is -2.17. The zero-order chi connectivity index (χ0) is 17.8. The van der Waals surface area contributed by atoms with Crippen LogP contribution in [0, 0.1) is 18.8 Å². The molecule has 1 fully saturated rings. The number of carboxylic acids is 1. The Bertz CT molecular complexity index is 776. The summed E-state index contributed by atoms with van der Waals surface area (Å²) in [6.45, 7) is 1.87. The Morgan fingerprint density at radius 1 is 1.12 bits per heavy atom. The van der Waals surface area contributed by atoms with E-state index in [1.165, 1.54) is 0 Å². The first kappa shape index (κ1) is 17.0. The van der Waals surface area contributed by atoms with E-state index in [4.69, 9.17) is 4.74 Å². The first-order valence-electron chi connectivity index (χ1n) is 8.27. The van der Waals surface area contributed by atoms with Gasteiger partial charge in [-0.05, 0) is 55.7 Å². The van der Waals surface area contributed by atoms with Crippen LogP contribution in [0.15, 0.2) is 42.7 Å². The largest absolute Gasteiger partial charge is 0.481 e. The second kappa shape index (κ2) is 7.34. The van der Waals surface area contributed by atoms with Gasteiger partial charge in [-0.25, -0.2) is 0 Å². The predicted octanol–water partition coefficient (Wildman–Crippen LogP) is 3.62. The molecule has 2 atom stereocenters. The number of rotatable bonds is 5. The van der Waals surface area contributed by atoms with Crippen molar-refractivity contribution in [3.63, 3.8) is 0 Å². The van der Waals surface area contributed by atoms with Crippen molar-refractivity contribution in [2.45, 2.75) is 26.2 Å². The Balaban J connectivity index is 1.69. The zero-order valence-corrected chi connectivity index (χ0v) is 13.9. The Kier molecular flexibility index (Phi) is 4.97. The Hall–Kier alpha value is -2.89. The lowest BCUT2D eigenvalue weighted by molar-refractivity contribution is -0.145. The number of anilines is 1. The first-order valence-corrected chi connectivity index (χ1v) is 8.27. The Labute approximate surface area is 145 Å². The molecule has 0 spiro atoms. The van der Waals surface area contributed by atoms with Crippen LogP contribution in [0.5, 0.6) is 11.5 Å². The summed E-state index contributed by atoms with van der Waals surface area (Å²) in [5.74, 6) is -0.835. The summed E-state index contributed by atoms with van der Waals surface area (Å²) in [6.07, 6.45) is 5.25. The quantitative estimate of drug-likeness (QED) is 0.868. The number of carbonyl (C=O) groups is 2. The van der Waals surface area contributed by atoms with Crippen LogP contribution < -0.4 is 10.1 Å². The van der Waals surface area contributed by atoms with Crippen LogP contribution in [0.25, 0.3) is 0 Å². The maximum absolute atomic E-state index is 12.4. The molecule has 25 heavy (non-hydrogen) atoms. The first-order chi connectivity index (χ1) is 12.0. The van der Waals surface area contributed by atoms with E-state index < -0.39 is 17.8 Å². The third kappa shape index (κ3) is 3.96. The van der Waals surface area contributed by atoms with E-state index in [2.05, 4.69) is 10.3 Å². The van der Waals surface area contributed by atoms with Crippen LogP contribution in [0.1, 0.15) is 24.8 Å². The maximum atomic E-state index is 12.4. The second-order valence-electron chi connectivity index (χ2n) is 6.23. The molecule has 0 saturated heterocycles. The molecule has 3 rings (SSSR count). The van der Waals surface area contributed by atoms with Crippen molar-refractivity contribution in [1.29, 1.82) is 0 Å². The summed E-state index contributed by atoms with van der Waals surface area (Å²) in [6, 6.07) is 8.90. The van der Waals surface area contributed by atoms with Gasteiger partial charge in [-0.2, -0.15) is 0 Å². The van der Waals surface area contributed by atoms with Crippen LogP contribution in [-0.2, 0) is 9.59 Å². The van der Waals surface area contributed by atoms with Crippen molar-refractivity contribution < 1.29 is 19.4 Å². The molecule has 1 aromatic heterocycles. The SMILES string of the molecule is Cc1cc(Oc2ccncc2)ccc1NC(=O)[C@@H]1CCC[C@@H]1C(=O)O. The van der Waals surface area contributed by atoms with Gasteiger partial charge in [0, 0.05) is 18.1 Å². The molecule has 130 valence electrons. The number of amides is 1. The number of pyridine rings is 1. The van der Waals surface area contributed by atoms with Gasteiger partial charge in [-0.1, -0.05) is 6.42 Å². The molecule has 2 N–H and O–H groups in total. The molecule has 1 saturated carbocycles. The molecule has 1 amide bonds. The van der Waals surface area contributed by atoms with Crippen molar-refractivity contribution in [3.05, 3.63) is 48.3 Å². The number of aliphatic carboxylic acids is 1. The normalized spacial score (nSPS) is 19.4. The number of nitrogens with one attached hydrogen (secondary N) is 1. The summed E-state index contributed by atoms with van der Waals surface area (Å²) in [7, 11) is 0. The molecule has 2 aromatic rings. The summed E-state index contributed by atoms with van der Waals surface area (Å²) >= 11 is 0. The zero-order valence-electron chi connectivity index (χ0n) is 13.9. The fourth-order valence-electron chi connectivity index (χ4n) is 3.18. The lowest BCUT2D eigenvalue weighted by Crippen LogP contribution is -2.30. The van der Waals surface area contributed by atoms with Crippen LogP contribution >= 0.6 is 0 Å². The molecule has 1 aliphatic carbocycles. The van der Waals surface area contributed by atoms with Gasteiger partial charge < -0.3 is 15.2 Å². The third-order valence-corrected chi connectivity index (χ3v) is 4.51. The molecule has 6 nitrogen and oxygen atoms in total. The fraction of sp³-hybridized carbons (Fsp3) is 0.316. The highest BCUT2D eigenvalue weighted by Gasteiger charge is 2.37. The fourth-order valence-corrected chi connectivity index (χ4v) is 3.18. The van der Waals surface area contributed by atoms with Gasteiger partial charge in [0.25, 0.3) is 0 Å². The minimum Gasteiger partial charge on any atom is -0.481 e. The molecule has 1 aliphatic rings. The summed E-state index contributed by atoms with van der Waals surface area (Å²) in [5, 5.41) is 12.1. The van der Waals surface area contributed by atoms with E-state index in [1.54, 1.807) is 36.7 Å². The number of nitrogens with zero attached hydrogens (tertiary/aromatic N) is 1. The molecule has 0 aliphatic heterocycles. The van der Waals surface area contributed by atoms with Gasteiger partial charge in [-0.3, -0.25) is 14.6 Å². The van der Waals surface area contributed by atoms with Crippen molar-refractivity contribution in [1.82, 2.24) is 4.98 Å². The van der Waals surface area contributed by atoms with Gasteiger partial charge in [0.05, 0.1) is 11.8 Å². The number of carboxylic acid groups (broad SMARTS) is 1. The summed E-state index contributed by atoms with van der Waals surface area (Å²) < 4.78 is 5.74. The standard InChI is InChI=1S/C19H20N2O4/c1-12-11-14(25-13-7-9-20-10-8-13)5-6-17(12)21-18(22)15-3-2-4-16(15)19(23)24/h5-11,15-16H,2-4H2,1H3,(H,21,22)(H,23,24)/t15-,16+/m1/s1. The number of ether oxygens (including phenoxy) is 1. The van der Waals surface area contributed by atoms with E-state index in [9.17, 15) is 14.7 Å². The Morgan fingerprint density at radius 3 is 2.52 bits per heavy atom. The van der Waals surface area contributed by atoms with Gasteiger partial charge in [-0.15, -0.1) is 0 Å². The third-order valence-electron chi connectivity index (χ3n) is 4.51. The Morgan fingerprint density at radius 2 is 1.84 bits per heavy atom. The molecular weight excluding hydrogens is 320 g/mol. The van der Waals surface area contributed by atoms with Crippen molar-refractivity contribution in [2.24, 2.45) is 11.8 Å². The number of hydrogen-bond donors (Lipinski definition) is 2. The summed E-state index contributed by atoms with van der Waals surface area (Å²) in [5.41, 5.74) is 1.52. The van der Waals surface area contributed by atoms with Crippen LogP contribution in [0.2, 0.25) is 0 Å². The molecule has 6 heteroatoms. The van der Waals surface area contributed by atoms with Crippen molar-refractivity contribution >= 4 is 17.6 Å². The smallest absolute Gasteiger partial charge is 0.307 e. The number of aryl methyl sites for hydroxylation is 1. The van der Waals surface area contributed by atoms with Gasteiger partial charge in [0.2, 0.25) is 5.91 Å². The average molecular weight is 340 g/mol. The van der Waals surface area contributed by atoms with Crippen LogP contribution in [0.4, 0.5) is 5.69 Å². The van der Waals surface area contributed by atoms with E-state index in [-0.39, 0.29) is 5.91 Å². The van der Waals surface area contributed by atoms with Crippen LogP contribution in [-0.4, -0.2) is 22.0 Å². The minimum atomic E-state index is -0.893. The van der Waals surface area contributed by atoms with Gasteiger partial charge >= 0.3 is 5.97 Å². The number of carbonyl (C=O) groups excluding carboxylic acids is 1. The van der Waals surface area contributed by atoms with Crippen LogP contribution in [0.3, 0.4) is 0 Å². The number of aromatic nitrogens is 1. The average Bonchev–Trinajstić information content (AvgIpc) is 3.08. The molecular formula is C19H20N2O4. The van der Waals surface area contributed by atoms with E-state index in [1.807, 2.05) is 13.0 Å². The van der Waals surface area contributed by atoms with Crippen molar-refractivity contribution in [2.75, 3.05) is 5.32 Å². The predicted molar refractivity (Wildman–Crippen MR) is 92.6 cm³/mol. The monoisotopic (exact) mass is 340 g/mol. The number of hydrogen-bond acceptors (Lipinski definition) is 4. The highest BCUT2D eigenvalue weighted by Crippen LogP contribution is 2.33. The second-order valence-corrected chi connectivity index (χ2v) is 6.23. The summed E-state index contributed by atoms with van der Waals surface area (Å²) in [4.78, 5) is 27.6. The van der Waals surface area contributed by atoms with E-state index >= 15 is 0 Å². The minimum absolute atomic E-state index is 0.226. The molecule has 0 bridgehead atoms. The van der Waals surface area contributed by atoms with E-state index in [0.29, 0.717) is 30.0 Å². The maximum Gasteiger partial charge on any atom is 0.307 e. The number of benzene rings is 1. The van der Waals surface area contributed by atoms with E-state index in [0.717, 1.165) is 12.0 Å². The van der Waals surface area contributed by atoms with Crippen molar-refractivity contribution in [3.8, 4) is 11.5 Å². The lowest BCUT2D eigenvalue weighted by atomic mass is 9.95. The highest BCUT2D eigenvalue weighted by molar-refractivity contribution is 5.96.